The zero-order valence-corrected chi connectivity index (χ0v) is 15.3. The average Bonchev–Trinajstić information content (AvgIpc) is 2.90. The molecule has 0 spiro atoms. The second-order valence-corrected chi connectivity index (χ2v) is 7.44. The first-order chi connectivity index (χ1) is 10.9. The molecule has 0 saturated heterocycles. The van der Waals surface area contributed by atoms with Gasteiger partial charge < -0.3 is 14.7 Å². The number of hydrogen-bond acceptors (Lipinski definition) is 4. The van der Waals surface area contributed by atoms with E-state index < -0.39 is 35.7 Å². The molecule has 0 bridgehead atoms. The molecule has 0 aromatic carbocycles. The zero-order chi connectivity index (χ0) is 18.7. The summed E-state index contributed by atoms with van der Waals surface area (Å²) in [6.45, 7) is 9.32. The zero-order valence-electron chi connectivity index (χ0n) is 15.3. The van der Waals surface area contributed by atoms with Crippen LogP contribution in [0.1, 0.15) is 41.0 Å². The Bertz CT molecular complexity index is 522. The summed E-state index contributed by atoms with van der Waals surface area (Å²) < 4.78 is 5.31. The topological polar surface area (TPSA) is 87.2 Å². The largest absolute Gasteiger partial charge is 0.480 e. The van der Waals surface area contributed by atoms with E-state index in [4.69, 9.17) is 4.74 Å². The standard InChI is InChI=1S/C17H28N2O5/c1-11(2)10-13(15(21)22)18(6)14(20)12-8-7-9-19(12)16(23)24-17(3,4)5/h7-8,11-13H,9-10H2,1-6H3,(H,21,22)/t12-,13?/m0/s1. The normalized spacial score (nSPS) is 18.6. The molecule has 1 aliphatic rings. The summed E-state index contributed by atoms with van der Waals surface area (Å²) in [5.41, 5.74) is -0.666. The Kier molecular flexibility index (Phi) is 6.40. The third-order valence-electron chi connectivity index (χ3n) is 3.63. The second kappa shape index (κ2) is 7.68. The van der Waals surface area contributed by atoms with Crippen LogP contribution in [0.3, 0.4) is 0 Å². The third-order valence-corrected chi connectivity index (χ3v) is 3.63. The van der Waals surface area contributed by atoms with E-state index in [-0.39, 0.29) is 12.5 Å². The van der Waals surface area contributed by atoms with E-state index in [0.29, 0.717) is 6.42 Å². The number of rotatable bonds is 5. The second-order valence-electron chi connectivity index (χ2n) is 7.44. The van der Waals surface area contributed by atoms with Gasteiger partial charge in [0.25, 0.3) is 0 Å². The van der Waals surface area contributed by atoms with Crippen molar-refractivity contribution < 1.29 is 24.2 Å². The quantitative estimate of drug-likeness (QED) is 0.775. The van der Waals surface area contributed by atoms with Gasteiger partial charge in [0.2, 0.25) is 5.91 Å². The average molecular weight is 340 g/mol. The minimum absolute atomic E-state index is 0.127. The minimum atomic E-state index is -1.05. The van der Waals surface area contributed by atoms with E-state index in [9.17, 15) is 19.5 Å². The molecule has 0 aliphatic carbocycles. The summed E-state index contributed by atoms with van der Waals surface area (Å²) >= 11 is 0. The highest BCUT2D eigenvalue weighted by Crippen LogP contribution is 2.20. The molecule has 1 heterocycles. The number of aliphatic carboxylic acids is 1. The van der Waals surface area contributed by atoms with Crippen molar-refractivity contribution in [3.8, 4) is 0 Å². The van der Waals surface area contributed by atoms with Crippen molar-refractivity contribution in [3.63, 3.8) is 0 Å². The van der Waals surface area contributed by atoms with Crippen molar-refractivity contribution in [2.45, 2.75) is 58.7 Å². The highest BCUT2D eigenvalue weighted by molar-refractivity contribution is 5.91. The molecule has 24 heavy (non-hydrogen) atoms. The van der Waals surface area contributed by atoms with Gasteiger partial charge >= 0.3 is 12.1 Å². The Balaban J connectivity index is 2.89. The Morgan fingerprint density at radius 3 is 2.38 bits per heavy atom. The van der Waals surface area contributed by atoms with Gasteiger partial charge in [-0.1, -0.05) is 26.0 Å². The van der Waals surface area contributed by atoms with Gasteiger partial charge in [0.05, 0.1) is 0 Å². The maximum Gasteiger partial charge on any atom is 0.411 e. The summed E-state index contributed by atoms with van der Waals surface area (Å²) in [6.07, 6.45) is 3.07. The monoisotopic (exact) mass is 340 g/mol. The molecule has 0 radical (unpaired) electrons. The van der Waals surface area contributed by atoms with E-state index in [1.165, 1.54) is 16.8 Å². The molecule has 0 aromatic rings. The molecule has 0 fully saturated rings. The van der Waals surface area contributed by atoms with Crippen molar-refractivity contribution in [3.05, 3.63) is 12.2 Å². The van der Waals surface area contributed by atoms with Crippen molar-refractivity contribution in [2.24, 2.45) is 5.92 Å². The number of carbonyl (C=O) groups is 3. The lowest BCUT2D eigenvalue weighted by atomic mass is 10.0. The van der Waals surface area contributed by atoms with Crippen LogP contribution in [0.5, 0.6) is 0 Å². The first-order valence-electron chi connectivity index (χ1n) is 8.09. The number of hydrogen-bond donors (Lipinski definition) is 1. The maximum absolute atomic E-state index is 12.7. The number of nitrogens with zero attached hydrogens (tertiary/aromatic N) is 2. The van der Waals surface area contributed by atoms with Gasteiger partial charge in [0.1, 0.15) is 17.7 Å². The van der Waals surface area contributed by atoms with Crippen molar-refractivity contribution >= 4 is 18.0 Å². The Hall–Kier alpha value is -2.05. The lowest BCUT2D eigenvalue weighted by Gasteiger charge is -2.32. The molecular formula is C17H28N2O5. The molecule has 7 nitrogen and oxygen atoms in total. The van der Waals surface area contributed by atoms with Crippen molar-refractivity contribution in [1.29, 1.82) is 0 Å². The van der Waals surface area contributed by atoms with Crippen molar-refractivity contribution in [2.75, 3.05) is 13.6 Å². The molecule has 7 heteroatoms. The molecule has 1 unspecified atom stereocenters. The van der Waals surface area contributed by atoms with Crippen molar-refractivity contribution in [1.82, 2.24) is 9.80 Å². The van der Waals surface area contributed by atoms with Gasteiger partial charge in [-0.05, 0) is 33.1 Å². The molecule has 1 rings (SSSR count). The Morgan fingerprint density at radius 2 is 1.92 bits per heavy atom. The van der Waals surface area contributed by atoms with E-state index >= 15 is 0 Å². The van der Waals surface area contributed by atoms with E-state index in [0.717, 1.165) is 0 Å². The molecule has 136 valence electrons. The minimum Gasteiger partial charge on any atom is -0.480 e. The predicted octanol–water partition coefficient (Wildman–Crippen LogP) is 2.12. The summed E-state index contributed by atoms with van der Waals surface area (Å²) in [4.78, 5) is 39.0. The number of carboxylic acids is 1. The lowest BCUT2D eigenvalue weighted by Crippen LogP contribution is -2.52. The smallest absolute Gasteiger partial charge is 0.411 e. The highest BCUT2D eigenvalue weighted by atomic mass is 16.6. The first-order valence-corrected chi connectivity index (χ1v) is 8.09. The van der Waals surface area contributed by atoms with Crippen LogP contribution in [0.2, 0.25) is 0 Å². The summed E-state index contributed by atoms with van der Waals surface area (Å²) in [5.74, 6) is -1.35. The van der Waals surface area contributed by atoms with Crippen LogP contribution in [0.4, 0.5) is 4.79 Å². The number of likely N-dealkylation sites (N-methyl/N-ethyl adjacent to an activating group) is 1. The fraction of sp³-hybridized carbons (Fsp3) is 0.706. The highest BCUT2D eigenvalue weighted by Gasteiger charge is 2.38. The fourth-order valence-electron chi connectivity index (χ4n) is 2.48. The van der Waals surface area contributed by atoms with E-state index in [1.807, 2.05) is 13.8 Å². The Labute approximate surface area is 143 Å². The number of ether oxygens (including phenoxy) is 1. The van der Waals surface area contributed by atoms with Gasteiger partial charge in [-0.15, -0.1) is 0 Å². The summed E-state index contributed by atoms with van der Waals surface area (Å²) in [6, 6.07) is -1.76. The van der Waals surface area contributed by atoms with Crippen LogP contribution in [0, 0.1) is 5.92 Å². The number of carboxylic acid groups (broad SMARTS) is 1. The van der Waals surface area contributed by atoms with Gasteiger partial charge in [0.15, 0.2) is 0 Å². The van der Waals surface area contributed by atoms with E-state index in [2.05, 4.69) is 0 Å². The van der Waals surface area contributed by atoms with Gasteiger partial charge in [0, 0.05) is 13.6 Å². The molecule has 1 aliphatic heterocycles. The molecule has 1 N–H and O–H groups in total. The predicted molar refractivity (Wildman–Crippen MR) is 89.5 cm³/mol. The molecule has 0 aromatic heterocycles. The lowest BCUT2D eigenvalue weighted by molar-refractivity contribution is -0.150. The molecule has 2 amide bonds. The number of carbonyl (C=O) groups excluding carboxylic acids is 2. The van der Waals surface area contributed by atoms with Crippen LogP contribution in [-0.2, 0) is 14.3 Å². The SMILES string of the molecule is CC(C)CC(C(=O)O)N(C)C(=O)[C@@H]1C=CCN1C(=O)OC(C)(C)C. The Morgan fingerprint density at radius 1 is 1.33 bits per heavy atom. The molecule has 0 saturated carbocycles. The van der Waals surface area contributed by atoms with Crippen LogP contribution in [0.25, 0.3) is 0 Å². The van der Waals surface area contributed by atoms with Crippen LogP contribution in [-0.4, -0.2) is 64.2 Å². The summed E-state index contributed by atoms with van der Waals surface area (Å²) in [7, 11) is 1.46. The van der Waals surface area contributed by atoms with Crippen LogP contribution in [0.15, 0.2) is 12.2 Å². The van der Waals surface area contributed by atoms with Crippen LogP contribution < -0.4 is 0 Å². The molecular weight excluding hydrogens is 312 g/mol. The van der Waals surface area contributed by atoms with Gasteiger partial charge in [-0.3, -0.25) is 9.69 Å². The maximum atomic E-state index is 12.7. The molecule has 2 atom stereocenters. The van der Waals surface area contributed by atoms with E-state index in [1.54, 1.807) is 32.9 Å². The fourth-order valence-corrected chi connectivity index (χ4v) is 2.48. The van der Waals surface area contributed by atoms with Crippen LogP contribution >= 0.6 is 0 Å². The first kappa shape index (κ1) is 20.0. The van der Waals surface area contributed by atoms with Gasteiger partial charge in [-0.25, -0.2) is 9.59 Å². The third kappa shape index (κ3) is 5.25. The summed E-state index contributed by atoms with van der Waals surface area (Å²) in [5, 5.41) is 9.40. The number of amides is 2. The van der Waals surface area contributed by atoms with Gasteiger partial charge in [-0.2, -0.15) is 0 Å².